The Labute approximate surface area is 171 Å². The highest BCUT2D eigenvalue weighted by molar-refractivity contribution is 7.84. The Bertz CT molecular complexity index is 1130. The summed E-state index contributed by atoms with van der Waals surface area (Å²) >= 11 is 0.769. The number of aromatic nitrogens is 1. The zero-order valence-electron chi connectivity index (χ0n) is 19.8. The second kappa shape index (κ2) is 7.33. The monoisotopic (exact) mass is 441 g/mol. The number of hydrogen-bond donors (Lipinski definition) is 4. The molecule has 2 rings (SSSR count). The number of nitrogens with two attached hydrogens (primary N) is 1. The number of nitrogens with one attached hydrogen (secondary N) is 1. The van der Waals surface area contributed by atoms with Crippen molar-refractivity contribution >= 4 is 50.3 Å². The fraction of sp³-hybridized carbons (Fsp3) is 0.462. The van der Waals surface area contributed by atoms with Gasteiger partial charge in [-0.25, -0.2) is 14.1 Å². The third kappa shape index (κ3) is 4.20. The van der Waals surface area contributed by atoms with Gasteiger partial charge in [0.2, 0.25) is 5.60 Å². The van der Waals surface area contributed by atoms with E-state index in [9.17, 15) is 27.9 Å². The lowest BCUT2D eigenvalue weighted by atomic mass is 10.0. The molecule has 1 aliphatic heterocycles. The van der Waals surface area contributed by atoms with Gasteiger partial charge in [0.25, 0.3) is 11.8 Å². The van der Waals surface area contributed by atoms with Crippen molar-refractivity contribution in [2.75, 3.05) is 5.73 Å². The summed E-state index contributed by atoms with van der Waals surface area (Å²) in [7, 11) is -4.91. The summed E-state index contributed by atoms with van der Waals surface area (Å²) in [5, 5.41) is 15.6. The van der Waals surface area contributed by atoms with E-state index in [1.807, 2.05) is 5.32 Å². The Hall–Kier alpha value is -2.78. The minimum absolute atomic E-state index is 0.0742. The number of carbonyl (C=O) groups excluding carboxylic acids is 2. The van der Waals surface area contributed by atoms with E-state index in [0.717, 1.165) is 23.6 Å². The predicted octanol–water partition coefficient (Wildman–Crippen LogP) is -1.17. The van der Waals surface area contributed by atoms with Gasteiger partial charge in [0.05, 0.1) is 6.04 Å². The highest BCUT2D eigenvalue weighted by atomic mass is 32.2. The van der Waals surface area contributed by atoms with Crippen LogP contribution in [0.15, 0.2) is 10.5 Å². The zero-order valence-corrected chi connectivity index (χ0v) is 15.4. The number of nitrogen functional groups attached to an aromatic ring is 1. The molecule has 1 unspecified atom stereocenters. The van der Waals surface area contributed by atoms with Crippen LogP contribution in [-0.2, 0) is 29.5 Å². The van der Waals surface area contributed by atoms with Gasteiger partial charge in [-0.3, -0.25) is 14.1 Å². The van der Waals surface area contributed by atoms with Crippen LogP contribution in [0.2, 0.25) is 0 Å². The maximum atomic E-state index is 12.8. The Morgan fingerprint density at radius 3 is 2.61 bits per heavy atom. The van der Waals surface area contributed by atoms with Crippen LogP contribution in [0.4, 0.5) is 5.13 Å². The molecule has 154 valence electrons. The first-order chi connectivity index (χ1) is 15.3. The molecule has 1 aromatic rings. The van der Waals surface area contributed by atoms with E-state index in [1.54, 1.807) is 0 Å². The fourth-order valence-corrected chi connectivity index (χ4v) is 3.50. The molecule has 2 amide bonds. The number of aliphatic carboxylic acids is 1. The highest BCUT2D eigenvalue weighted by Crippen LogP contribution is 2.23. The number of amides is 2. The number of rotatable bonds is 7. The summed E-state index contributed by atoms with van der Waals surface area (Å²) in [6.45, 7) is -6.44. The molecule has 1 saturated heterocycles. The first kappa shape index (κ1) is 14.3. The molecule has 1 aliphatic rings. The summed E-state index contributed by atoms with van der Waals surface area (Å²) in [6.07, 6.45) is 0. The number of nitrogens with zero attached hydrogens (tertiary/aromatic N) is 3. The van der Waals surface area contributed by atoms with Crippen molar-refractivity contribution in [3.8, 4) is 0 Å². The average Bonchev–Trinajstić information content (AvgIpc) is 3.05. The molecule has 0 aromatic carbocycles. The number of anilines is 1. The third-order valence-electron chi connectivity index (χ3n) is 3.43. The number of carboxylic acid groups (broad SMARTS) is 1. The lowest BCUT2D eigenvalue weighted by Crippen LogP contribution is -2.71. The van der Waals surface area contributed by atoms with Crippen molar-refractivity contribution in [3.05, 3.63) is 11.1 Å². The number of carboxylic acids is 1. The molecule has 5 N–H and O–H groups in total. The van der Waals surface area contributed by atoms with E-state index < -0.39 is 70.9 Å². The van der Waals surface area contributed by atoms with Gasteiger partial charge < -0.3 is 21.0 Å². The van der Waals surface area contributed by atoms with E-state index in [2.05, 4.69) is 15.0 Å². The molecule has 13 nitrogen and oxygen atoms in total. The normalized spacial score (nSPS) is 24.6. The van der Waals surface area contributed by atoms with Crippen LogP contribution in [0.1, 0.15) is 34.5 Å². The van der Waals surface area contributed by atoms with Gasteiger partial charge in [0.1, 0.15) is 11.7 Å². The predicted molar refractivity (Wildman–Crippen MR) is 95.7 cm³/mol. The van der Waals surface area contributed by atoms with Crippen LogP contribution in [0.3, 0.4) is 0 Å². The van der Waals surface area contributed by atoms with Gasteiger partial charge in [-0.1, -0.05) is 5.16 Å². The van der Waals surface area contributed by atoms with Gasteiger partial charge in [-0.2, -0.15) is 8.42 Å². The van der Waals surface area contributed by atoms with Crippen LogP contribution in [0, 0.1) is 0 Å². The SMILES string of the molecule is [2H]C([2H])([2H])C(O/N=C(\C(=O)N[C@@H]1C(=O)N(S(=O)(=O)O)C1C)c1csc(N)n1)(C(=O)O)C([2H])([2H])[2H]. The van der Waals surface area contributed by atoms with Crippen molar-refractivity contribution in [2.24, 2.45) is 5.16 Å². The van der Waals surface area contributed by atoms with Crippen molar-refractivity contribution in [2.45, 2.75) is 38.3 Å². The maximum absolute atomic E-state index is 12.8. The molecular weight excluding hydrogens is 418 g/mol. The molecule has 15 heteroatoms. The van der Waals surface area contributed by atoms with Crippen LogP contribution in [0.5, 0.6) is 0 Å². The van der Waals surface area contributed by atoms with E-state index in [1.165, 1.54) is 0 Å². The lowest BCUT2D eigenvalue weighted by molar-refractivity contribution is -0.161. The van der Waals surface area contributed by atoms with Crippen LogP contribution < -0.4 is 11.1 Å². The van der Waals surface area contributed by atoms with Crippen LogP contribution in [-0.4, -0.2) is 68.5 Å². The molecule has 28 heavy (non-hydrogen) atoms. The smallest absolute Gasteiger partial charge is 0.362 e. The zero-order chi connectivity index (χ0) is 26.4. The summed E-state index contributed by atoms with van der Waals surface area (Å²) in [5.74, 6) is -5.01. The Kier molecular flexibility index (Phi) is 3.73. The van der Waals surface area contributed by atoms with E-state index >= 15 is 0 Å². The minimum Gasteiger partial charge on any atom is -0.478 e. The first-order valence-electron chi connectivity index (χ1n) is 10.1. The Morgan fingerprint density at radius 1 is 1.54 bits per heavy atom. The minimum atomic E-state index is -4.91. The summed E-state index contributed by atoms with van der Waals surface area (Å²) in [5.41, 5.74) is 0.228. The maximum Gasteiger partial charge on any atom is 0.362 e. The van der Waals surface area contributed by atoms with Crippen LogP contribution >= 0.6 is 11.3 Å². The lowest BCUT2D eigenvalue weighted by Gasteiger charge is -2.42. The molecule has 1 aromatic heterocycles. The topological polar surface area (TPSA) is 202 Å². The summed E-state index contributed by atoms with van der Waals surface area (Å²) in [4.78, 5) is 44.8. The number of β-lactam (4-membered cyclic amide) rings is 1. The fourth-order valence-electron chi connectivity index (χ4n) is 2.07. The number of oxime groups is 1. The third-order valence-corrected chi connectivity index (χ3v) is 5.11. The van der Waals surface area contributed by atoms with Crippen LogP contribution in [0.25, 0.3) is 0 Å². The Balaban J connectivity index is 2.49. The average molecular weight is 441 g/mol. The summed E-state index contributed by atoms with van der Waals surface area (Å²) < 4.78 is 75.9. The second-order valence-corrected chi connectivity index (χ2v) is 7.57. The van der Waals surface area contributed by atoms with Crippen molar-refractivity contribution in [1.29, 1.82) is 0 Å². The second-order valence-electron chi connectivity index (χ2n) is 5.39. The molecule has 0 spiro atoms. The number of carbonyl (C=O) groups is 3. The molecule has 0 radical (unpaired) electrons. The highest BCUT2D eigenvalue weighted by Gasteiger charge is 2.51. The van der Waals surface area contributed by atoms with Crippen molar-refractivity contribution < 1.29 is 45.5 Å². The van der Waals surface area contributed by atoms with Gasteiger partial charge >= 0.3 is 16.3 Å². The molecule has 0 saturated carbocycles. The largest absolute Gasteiger partial charge is 0.478 e. The van der Waals surface area contributed by atoms with E-state index in [4.69, 9.17) is 18.5 Å². The molecule has 1 fully saturated rings. The summed E-state index contributed by atoms with van der Waals surface area (Å²) in [6, 6.07) is -2.76. The van der Waals surface area contributed by atoms with Gasteiger partial charge in [-0.15, -0.1) is 11.3 Å². The van der Waals surface area contributed by atoms with Crippen molar-refractivity contribution in [1.82, 2.24) is 14.6 Å². The standard InChI is InChI=1S/C13H17N5O8S2/c1-5-7(10(20)18(5)28(23,24)25)16-9(19)8(6-4-27-12(14)15-6)17-26-13(2,3)11(21)22/h4-5,7H,1-3H3,(H2,14,15)(H,16,19)(H,21,22)(H,23,24,25)/b17-8-/t5?,7-/m0/s1/i2D3,3D3. The van der Waals surface area contributed by atoms with Gasteiger partial charge in [-0.05, 0) is 20.6 Å². The van der Waals surface area contributed by atoms with E-state index in [-0.39, 0.29) is 9.44 Å². The molecular formula is C13H17N5O8S2. The molecule has 0 bridgehead atoms. The number of thiazole rings is 1. The Morgan fingerprint density at radius 2 is 2.18 bits per heavy atom. The molecule has 2 atom stereocenters. The van der Waals surface area contributed by atoms with Gasteiger partial charge in [0.15, 0.2) is 10.8 Å². The van der Waals surface area contributed by atoms with Crippen molar-refractivity contribution in [3.63, 3.8) is 0 Å². The van der Waals surface area contributed by atoms with Gasteiger partial charge in [0, 0.05) is 13.6 Å². The molecule has 0 aliphatic carbocycles. The van der Waals surface area contributed by atoms with E-state index in [0.29, 0.717) is 0 Å². The quantitative estimate of drug-likeness (QED) is 0.173. The first-order valence-corrected chi connectivity index (χ1v) is 9.36. The number of hydrogen-bond acceptors (Lipinski definition) is 10. The molecule has 2 heterocycles.